The molecule has 0 aromatic carbocycles. The van der Waals surface area contributed by atoms with Crippen LogP contribution in [-0.2, 0) is 4.74 Å². The highest BCUT2D eigenvalue weighted by Crippen LogP contribution is 2.29. The van der Waals surface area contributed by atoms with Crippen LogP contribution in [0.4, 0.5) is 0 Å². The fourth-order valence-electron chi connectivity index (χ4n) is 1.69. The second kappa shape index (κ2) is 6.38. The van der Waals surface area contributed by atoms with Gasteiger partial charge in [0.1, 0.15) is 0 Å². The quantitative estimate of drug-likeness (QED) is 0.637. The van der Waals surface area contributed by atoms with Gasteiger partial charge >= 0.3 is 0 Å². The summed E-state index contributed by atoms with van der Waals surface area (Å²) >= 11 is 0. The van der Waals surface area contributed by atoms with Crippen LogP contribution in [0.5, 0.6) is 0 Å². The third-order valence-electron chi connectivity index (χ3n) is 2.85. The van der Waals surface area contributed by atoms with Gasteiger partial charge in [0.15, 0.2) is 0 Å². The number of nitrogens with two attached hydrogens (primary N) is 1. The van der Waals surface area contributed by atoms with Crippen LogP contribution in [0.3, 0.4) is 0 Å². The zero-order valence-corrected chi connectivity index (χ0v) is 9.54. The summed E-state index contributed by atoms with van der Waals surface area (Å²) in [5, 5.41) is 0. The number of methoxy groups -OCH3 is 1. The van der Waals surface area contributed by atoms with Crippen molar-refractivity contribution in [3.63, 3.8) is 0 Å². The average molecular weight is 200 g/mol. The highest BCUT2D eigenvalue weighted by molar-refractivity contribution is 4.78. The van der Waals surface area contributed by atoms with Crippen LogP contribution in [0.25, 0.3) is 0 Å². The van der Waals surface area contributed by atoms with Gasteiger partial charge in [-0.2, -0.15) is 0 Å². The summed E-state index contributed by atoms with van der Waals surface area (Å²) in [5.41, 5.74) is 6.01. The first kappa shape index (κ1) is 12.0. The molecule has 1 aliphatic rings. The van der Waals surface area contributed by atoms with Crippen molar-refractivity contribution in [1.29, 1.82) is 0 Å². The number of hydrogen-bond donors (Lipinski definition) is 1. The van der Waals surface area contributed by atoms with Crippen LogP contribution >= 0.6 is 0 Å². The Bertz CT molecular complexity index is 148. The molecule has 0 radical (unpaired) electrons. The van der Waals surface area contributed by atoms with E-state index < -0.39 is 0 Å². The van der Waals surface area contributed by atoms with Crippen molar-refractivity contribution in [1.82, 2.24) is 4.90 Å². The second-order valence-corrected chi connectivity index (χ2v) is 4.34. The summed E-state index contributed by atoms with van der Waals surface area (Å²) in [6, 6.07) is 0.272. The minimum Gasteiger partial charge on any atom is -0.385 e. The topological polar surface area (TPSA) is 38.5 Å². The monoisotopic (exact) mass is 200 g/mol. The number of ether oxygens (including phenoxy) is 1. The van der Waals surface area contributed by atoms with Crippen molar-refractivity contribution < 1.29 is 4.74 Å². The zero-order valence-electron chi connectivity index (χ0n) is 9.54. The highest BCUT2D eigenvalue weighted by Gasteiger charge is 2.24. The Kier molecular flexibility index (Phi) is 5.45. The van der Waals surface area contributed by atoms with Crippen molar-refractivity contribution >= 4 is 0 Å². The van der Waals surface area contributed by atoms with Gasteiger partial charge in [-0.1, -0.05) is 6.92 Å². The van der Waals surface area contributed by atoms with Gasteiger partial charge < -0.3 is 15.4 Å². The molecule has 1 aliphatic carbocycles. The van der Waals surface area contributed by atoms with E-state index in [-0.39, 0.29) is 6.04 Å². The van der Waals surface area contributed by atoms with Gasteiger partial charge in [-0.15, -0.1) is 0 Å². The van der Waals surface area contributed by atoms with E-state index in [0.717, 1.165) is 32.0 Å². The molecule has 0 saturated heterocycles. The molecular weight excluding hydrogens is 176 g/mol. The maximum absolute atomic E-state index is 6.01. The SMILES string of the molecule is CCN(CC(N)CCOC)CC1CC1. The van der Waals surface area contributed by atoms with E-state index in [0.29, 0.717) is 0 Å². The van der Waals surface area contributed by atoms with Gasteiger partial charge in [-0.3, -0.25) is 0 Å². The van der Waals surface area contributed by atoms with E-state index in [1.165, 1.54) is 19.4 Å². The summed E-state index contributed by atoms with van der Waals surface area (Å²) in [4.78, 5) is 2.47. The van der Waals surface area contributed by atoms with E-state index in [2.05, 4.69) is 11.8 Å². The molecule has 14 heavy (non-hydrogen) atoms. The van der Waals surface area contributed by atoms with Crippen molar-refractivity contribution in [3.8, 4) is 0 Å². The summed E-state index contributed by atoms with van der Waals surface area (Å²) in [7, 11) is 1.73. The normalized spacial score (nSPS) is 18.9. The lowest BCUT2D eigenvalue weighted by atomic mass is 10.2. The number of hydrogen-bond acceptors (Lipinski definition) is 3. The first-order chi connectivity index (χ1) is 6.76. The van der Waals surface area contributed by atoms with Gasteiger partial charge in [0.2, 0.25) is 0 Å². The molecule has 0 amide bonds. The fraction of sp³-hybridized carbons (Fsp3) is 1.00. The molecule has 0 aromatic rings. The Morgan fingerprint density at radius 2 is 2.21 bits per heavy atom. The lowest BCUT2D eigenvalue weighted by Gasteiger charge is -2.23. The van der Waals surface area contributed by atoms with Crippen molar-refractivity contribution in [3.05, 3.63) is 0 Å². The Balaban J connectivity index is 2.10. The van der Waals surface area contributed by atoms with Gasteiger partial charge in [0.25, 0.3) is 0 Å². The third kappa shape index (κ3) is 4.94. The maximum atomic E-state index is 6.01. The molecule has 1 fully saturated rings. The zero-order chi connectivity index (χ0) is 10.4. The largest absolute Gasteiger partial charge is 0.385 e. The molecule has 3 nitrogen and oxygen atoms in total. The smallest absolute Gasteiger partial charge is 0.0477 e. The maximum Gasteiger partial charge on any atom is 0.0477 e. The van der Waals surface area contributed by atoms with Gasteiger partial charge in [-0.25, -0.2) is 0 Å². The highest BCUT2D eigenvalue weighted by atomic mass is 16.5. The number of rotatable bonds is 8. The summed E-state index contributed by atoms with van der Waals surface area (Å²) in [6.45, 7) is 6.39. The number of nitrogens with zero attached hydrogens (tertiary/aromatic N) is 1. The lowest BCUT2D eigenvalue weighted by Crippen LogP contribution is -2.39. The van der Waals surface area contributed by atoms with Gasteiger partial charge in [0, 0.05) is 32.8 Å². The predicted molar refractivity (Wildman–Crippen MR) is 59.3 cm³/mol. The van der Waals surface area contributed by atoms with E-state index >= 15 is 0 Å². The van der Waals surface area contributed by atoms with E-state index in [1.807, 2.05) is 0 Å². The van der Waals surface area contributed by atoms with Crippen LogP contribution in [-0.4, -0.2) is 44.3 Å². The molecule has 1 unspecified atom stereocenters. The van der Waals surface area contributed by atoms with Crippen molar-refractivity contribution in [2.24, 2.45) is 11.7 Å². The number of likely N-dealkylation sites (N-methyl/N-ethyl adjacent to an activating group) is 1. The Hall–Kier alpha value is -0.120. The molecule has 1 rings (SSSR count). The molecule has 0 aliphatic heterocycles. The first-order valence-electron chi connectivity index (χ1n) is 5.73. The second-order valence-electron chi connectivity index (χ2n) is 4.34. The standard InChI is InChI=1S/C11H24N2O/c1-3-13(8-10-4-5-10)9-11(12)6-7-14-2/h10-11H,3-9,12H2,1-2H3. The third-order valence-corrected chi connectivity index (χ3v) is 2.85. The molecule has 2 N–H and O–H groups in total. The van der Waals surface area contributed by atoms with Gasteiger partial charge in [-0.05, 0) is 31.7 Å². The molecule has 0 bridgehead atoms. The van der Waals surface area contributed by atoms with Crippen LogP contribution in [0, 0.1) is 5.92 Å². The van der Waals surface area contributed by atoms with Crippen LogP contribution in [0.15, 0.2) is 0 Å². The molecule has 0 heterocycles. The van der Waals surface area contributed by atoms with Crippen molar-refractivity contribution in [2.75, 3.05) is 33.4 Å². The molecule has 1 atom stereocenters. The fourth-order valence-corrected chi connectivity index (χ4v) is 1.69. The van der Waals surface area contributed by atoms with Crippen LogP contribution in [0.2, 0.25) is 0 Å². The Morgan fingerprint density at radius 3 is 2.71 bits per heavy atom. The minimum atomic E-state index is 0.272. The average Bonchev–Trinajstić information content (AvgIpc) is 2.97. The summed E-state index contributed by atoms with van der Waals surface area (Å²) < 4.78 is 5.02. The first-order valence-corrected chi connectivity index (χ1v) is 5.73. The minimum absolute atomic E-state index is 0.272. The summed E-state index contributed by atoms with van der Waals surface area (Å²) in [6.07, 6.45) is 3.81. The van der Waals surface area contributed by atoms with Crippen LogP contribution < -0.4 is 5.73 Å². The summed E-state index contributed by atoms with van der Waals surface area (Å²) in [5.74, 6) is 0.963. The van der Waals surface area contributed by atoms with E-state index in [1.54, 1.807) is 7.11 Å². The molecular formula is C11H24N2O. The predicted octanol–water partition coefficient (Wildman–Crippen LogP) is 1.08. The van der Waals surface area contributed by atoms with E-state index in [9.17, 15) is 0 Å². The van der Waals surface area contributed by atoms with Gasteiger partial charge in [0.05, 0.1) is 0 Å². The molecule has 1 saturated carbocycles. The van der Waals surface area contributed by atoms with E-state index in [4.69, 9.17) is 10.5 Å². The Morgan fingerprint density at radius 1 is 1.50 bits per heavy atom. The molecule has 0 aromatic heterocycles. The molecule has 84 valence electrons. The molecule has 0 spiro atoms. The van der Waals surface area contributed by atoms with Crippen molar-refractivity contribution in [2.45, 2.75) is 32.2 Å². The van der Waals surface area contributed by atoms with Crippen LogP contribution in [0.1, 0.15) is 26.2 Å². The molecule has 3 heteroatoms. The Labute approximate surface area is 87.6 Å². The lowest BCUT2D eigenvalue weighted by molar-refractivity contribution is 0.175.